The molecule has 84 valence electrons. The van der Waals surface area contributed by atoms with Crippen LogP contribution in [0.25, 0.3) is 0 Å². The fraction of sp³-hybridized carbons (Fsp3) is 0.273. The van der Waals surface area contributed by atoms with Crippen LogP contribution in [0.4, 0.5) is 5.69 Å². The van der Waals surface area contributed by atoms with E-state index >= 15 is 0 Å². The number of hydrogen-bond donors (Lipinski definition) is 2. The van der Waals surface area contributed by atoms with Gasteiger partial charge in [-0.15, -0.1) is 11.6 Å². The van der Waals surface area contributed by atoms with Gasteiger partial charge in [-0.25, -0.2) is 0 Å². The maximum atomic E-state index is 11.1. The molecule has 0 fully saturated rings. The minimum Gasteiger partial charge on any atom is -0.351 e. The van der Waals surface area contributed by atoms with Gasteiger partial charge in [0.1, 0.15) is 5.88 Å². The number of nitrogens with one attached hydrogen (secondary N) is 2. The normalized spacial score (nSPS) is 13.2. The summed E-state index contributed by atoms with van der Waals surface area (Å²) in [6, 6.07) is 5.64. The molecule has 0 spiro atoms. The van der Waals surface area contributed by atoms with Gasteiger partial charge in [0.2, 0.25) is 11.8 Å². The molecule has 0 saturated heterocycles. The molecule has 2 amide bonds. The van der Waals surface area contributed by atoms with E-state index in [9.17, 15) is 9.59 Å². The smallest absolute Gasteiger partial charge is 0.235 e. The zero-order chi connectivity index (χ0) is 11.5. The van der Waals surface area contributed by atoms with Crippen molar-refractivity contribution in [3.8, 4) is 0 Å². The summed E-state index contributed by atoms with van der Waals surface area (Å²) < 4.78 is 0. The van der Waals surface area contributed by atoms with Crippen LogP contribution in [0.3, 0.4) is 0 Å². The number of carbonyl (C=O) groups excluding carboxylic acids is 2. The maximum absolute atomic E-state index is 11.1. The van der Waals surface area contributed by atoms with Crippen LogP contribution in [0.2, 0.25) is 0 Å². The van der Waals surface area contributed by atoms with Crippen LogP contribution in [-0.4, -0.2) is 17.7 Å². The summed E-state index contributed by atoms with van der Waals surface area (Å²) >= 11 is 5.36. The topological polar surface area (TPSA) is 58.2 Å². The van der Waals surface area contributed by atoms with Crippen molar-refractivity contribution in [3.05, 3.63) is 29.3 Å². The molecule has 5 heteroatoms. The summed E-state index contributed by atoms with van der Waals surface area (Å²) in [5, 5.41) is 5.43. The molecule has 0 aromatic heterocycles. The number of hydrogen-bond acceptors (Lipinski definition) is 2. The minimum absolute atomic E-state index is 0.0111. The van der Waals surface area contributed by atoms with E-state index in [1.54, 1.807) is 0 Å². The van der Waals surface area contributed by atoms with E-state index in [0.29, 0.717) is 13.0 Å². The van der Waals surface area contributed by atoms with Crippen molar-refractivity contribution in [1.82, 2.24) is 5.32 Å². The molecule has 0 saturated carbocycles. The van der Waals surface area contributed by atoms with Crippen molar-refractivity contribution in [2.75, 3.05) is 11.2 Å². The summed E-state index contributed by atoms with van der Waals surface area (Å²) in [6.45, 7) is 0.438. The lowest BCUT2D eigenvalue weighted by Crippen LogP contribution is -2.23. The van der Waals surface area contributed by atoms with E-state index in [1.165, 1.54) is 0 Å². The Labute approximate surface area is 98.0 Å². The molecule has 1 heterocycles. The molecule has 0 radical (unpaired) electrons. The molecular formula is C11H11ClN2O2. The number of anilines is 1. The molecule has 1 aliphatic heterocycles. The molecule has 1 aromatic carbocycles. The van der Waals surface area contributed by atoms with Crippen LogP contribution in [-0.2, 0) is 22.6 Å². The summed E-state index contributed by atoms with van der Waals surface area (Å²) in [4.78, 5) is 22.1. The highest BCUT2D eigenvalue weighted by molar-refractivity contribution is 6.27. The van der Waals surface area contributed by atoms with E-state index in [0.717, 1.165) is 16.8 Å². The molecule has 0 atom stereocenters. The fourth-order valence-electron chi connectivity index (χ4n) is 1.64. The van der Waals surface area contributed by atoms with Crippen LogP contribution in [0.15, 0.2) is 18.2 Å². The first-order chi connectivity index (χ1) is 7.69. The van der Waals surface area contributed by atoms with Crippen LogP contribution >= 0.6 is 11.6 Å². The standard InChI is InChI=1S/C11H11ClN2O2/c12-5-11(16)13-6-7-1-2-9-8(3-7)4-10(15)14-9/h1-3H,4-6H2,(H,13,16)(H,14,15). The molecule has 0 unspecified atom stereocenters. The van der Waals surface area contributed by atoms with Crippen LogP contribution in [0.1, 0.15) is 11.1 Å². The Bertz CT molecular complexity index is 446. The lowest BCUT2D eigenvalue weighted by atomic mass is 10.1. The van der Waals surface area contributed by atoms with E-state index in [1.807, 2.05) is 18.2 Å². The van der Waals surface area contributed by atoms with Gasteiger partial charge in [0.15, 0.2) is 0 Å². The molecule has 1 aliphatic rings. The summed E-state index contributed by atoms with van der Waals surface area (Å²) in [7, 11) is 0. The Morgan fingerprint density at radius 1 is 1.50 bits per heavy atom. The predicted molar refractivity (Wildman–Crippen MR) is 61.3 cm³/mol. The van der Waals surface area contributed by atoms with Gasteiger partial charge in [-0.2, -0.15) is 0 Å². The van der Waals surface area contributed by atoms with Crippen LogP contribution < -0.4 is 10.6 Å². The quantitative estimate of drug-likeness (QED) is 0.773. The Morgan fingerprint density at radius 2 is 2.31 bits per heavy atom. The monoisotopic (exact) mass is 238 g/mol. The third-order valence-electron chi connectivity index (χ3n) is 2.41. The highest BCUT2D eigenvalue weighted by atomic mass is 35.5. The van der Waals surface area contributed by atoms with Gasteiger partial charge in [-0.3, -0.25) is 9.59 Å². The lowest BCUT2D eigenvalue weighted by Gasteiger charge is -2.05. The van der Waals surface area contributed by atoms with Gasteiger partial charge in [0.25, 0.3) is 0 Å². The maximum Gasteiger partial charge on any atom is 0.235 e. The minimum atomic E-state index is -0.198. The third kappa shape index (κ3) is 2.33. The van der Waals surface area contributed by atoms with Gasteiger partial charge < -0.3 is 10.6 Å². The van der Waals surface area contributed by atoms with Crippen molar-refractivity contribution >= 4 is 29.1 Å². The van der Waals surface area contributed by atoms with Crippen molar-refractivity contribution < 1.29 is 9.59 Å². The van der Waals surface area contributed by atoms with Crippen molar-refractivity contribution in [2.45, 2.75) is 13.0 Å². The van der Waals surface area contributed by atoms with Gasteiger partial charge in [0, 0.05) is 12.2 Å². The number of benzene rings is 1. The van der Waals surface area contributed by atoms with Crippen molar-refractivity contribution in [3.63, 3.8) is 0 Å². The molecule has 0 bridgehead atoms. The highest BCUT2D eigenvalue weighted by Crippen LogP contribution is 2.23. The van der Waals surface area contributed by atoms with Crippen molar-refractivity contribution in [1.29, 1.82) is 0 Å². The molecule has 1 aromatic rings. The summed E-state index contributed by atoms with van der Waals surface area (Å²) in [6.07, 6.45) is 0.409. The number of fused-ring (bicyclic) bond motifs is 1. The van der Waals surface area contributed by atoms with E-state index < -0.39 is 0 Å². The molecule has 2 N–H and O–H groups in total. The van der Waals surface area contributed by atoms with E-state index in [2.05, 4.69) is 10.6 Å². The van der Waals surface area contributed by atoms with Crippen molar-refractivity contribution in [2.24, 2.45) is 0 Å². The average Bonchev–Trinajstić information content (AvgIpc) is 2.65. The highest BCUT2D eigenvalue weighted by Gasteiger charge is 2.17. The SMILES string of the molecule is O=C(CCl)NCc1ccc2c(c1)CC(=O)N2. The predicted octanol–water partition coefficient (Wildman–Crippen LogP) is 1.04. The molecule has 2 rings (SSSR count). The second kappa shape index (κ2) is 4.53. The molecular weight excluding hydrogens is 228 g/mol. The zero-order valence-corrected chi connectivity index (χ0v) is 9.30. The Kier molecular flexibility index (Phi) is 3.10. The van der Waals surface area contributed by atoms with Crippen LogP contribution in [0.5, 0.6) is 0 Å². The lowest BCUT2D eigenvalue weighted by molar-refractivity contribution is -0.119. The number of carbonyl (C=O) groups is 2. The van der Waals surface area contributed by atoms with Crippen LogP contribution in [0, 0.1) is 0 Å². The first-order valence-electron chi connectivity index (χ1n) is 4.93. The van der Waals surface area contributed by atoms with Gasteiger partial charge in [0.05, 0.1) is 6.42 Å². The first kappa shape index (κ1) is 11.0. The van der Waals surface area contributed by atoms with Gasteiger partial charge in [-0.05, 0) is 17.2 Å². The second-order valence-electron chi connectivity index (χ2n) is 3.63. The fourth-order valence-corrected chi connectivity index (χ4v) is 1.73. The second-order valence-corrected chi connectivity index (χ2v) is 3.89. The number of rotatable bonds is 3. The summed E-state index contributed by atoms with van der Waals surface area (Å²) in [5.41, 5.74) is 2.80. The largest absolute Gasteiger partial charge is 0.351 e. The number of halogens is 1. The number of alkyl halides is 1. The Hall–Kier alpha value is -1.55. The van der Waals surface area contributed by atoms with Gasteiger partial charge >= 0.3 is 0 Å². The van der Waals surface area contributed by atoms with Gasteiger partial charge in [-0.1, -0.05) is 12.1 Å². The third-order valence-corrected chi connectivity index (χ3v) is 2.65. The Balaban J connectivity index is 2.05. The zero-order valence-electron chi connectivity index (χ0n) is 8.55. The molecule has 0 aliphatic carbocycles. The van der Waals surface area contributed by atoms with E-state index in [-0.39, 0.29) is 17.7 Å². The molecule has 4 nitrogen and oxygen atoms in total. The van der Waals surface area contributed by atoms with E-state index in [4.69, 9.17) is 11.6 Å². The number of amides is 2. The Morgan fingerprint density at radius 3 is 3.06 bits per heavy atom. The summed E-state index contributed by atoms with van der Waals surface area (Å²) in [5.74, 6) is -0.223. The molecule has 16 heavy (non-hydrogen) atoms. The first-order valence-corrected chi connectivity index (χ1v) is 5.47. The average molecular weight is 239 g/mol.